The summed E-state index contributed by atoms with van der Waals surface area (Å²) in [7, 11) is 0. The lowest BCUT2D eigenvalue weighted by Crippen LogP contribution is -1.95. The van der Waals surface area contributed by atoms with Crippen LogP contribution in [0.2, 0.25) is 0 Å². The van der Waals surface area contributed by atoms with Crippen LogP contribution in [0.3, 0.4) is 0 Å². The summed E-state index contributed by atoms with van der Waals surface area (Å²) in [5.41, 5.74) is 1.52. The molecule has 1 heterocycles. The molecule has 0 spiro atoms. The van der Waals surface area contributed by atoms with Gasteiger partial charge in [-0.15, -0.1) is 0 Å². The summed E-state index contributed by atoms with van der Waals surface area (Å²) < 4.78 is 2.03. The fraction of sp³-hybridized carbons (Fsp3) is 0.412. The highest BCUT2D eigenvalue weighted by molar-refractivity contribution is 5.66. The molecule has 0 saturated carbocycles. The first-order valence-electron chi connectivity index (χ1n) is 7.69. The molecule has 2 aromatic rings. The number of rotatable bonds is 9. The van der Waals surface area contributed by atoms with Gasteiger partial charge in [0.25, 0.3) is 0 Å². The first-order valence-corrected chi connectivity index (χ1v) is 7.69. The average Bonchev–Trinajstić information content (AvgIpc) is 2.95. The van der Waals surface area contributed by atoms with Crippen molar-refractivity contribution in [3.63, 3.8) is 0 Å². The third-order valence-corrected chi connectivity index (χ3v) is 3.62. The minimum Gasteiger partial charge on any atom is -0.507 e. The van der Waals surface area contributed by atoms with Crippen molar-refractivity contribution in [3.8, 4) is 17.0 Å². The zero-order chi connectivity index (χ0) is 15.8. The fourth-order valence-corrected chi connectivity index (χ4v) is 2.41. The van der Waals surface area contributed by atoms with Crippen LogP contribution in [0.15, 0.2) is 36.8 Å². The van der Waals surface area contributed by atoms with Crippen molar-refractivity contribution in [2.75, 3.05) is 0 Å². The molecule has 5 nitrogen and oxygen atoms in total. The maximum Gasteiger partial charge on any atom is 0.303 e. The minimum absolute atomic E-state index is 0.242. The van der Waals surface area contributed by atoms with Crippen LogP contribution in [0.1, 0.15) is 38.5 Å². The van der Waals surface area contributed by atoms with Gasteiger partial charge >= 0.3 is 5.97 Å². The molecule has 5 heteroatoms. The number of benzene rings is 1. The molecule has 118 valence electrons. The van der Waals surface area contributed by atoms with Gasteiger partial charge < -0.3 is 14.8 Å². The normalized spacial score (nSPS) is 10.7. The summed E-state index contributed by atoms with van der Waals surface area (Å²) in [4.78, 5) is 14.7. The van der Waals surface area contributed by atoms with E-state index in [1.807, 2.05) is 22.9 Å². The quantitative estimate of drug-likeness (QED) is 0.693. The maximum absolute atomic E-state index is 10.4. The Balaban J connectivity index is 1.72. The van der Waals surface area contributed by atoms with Gasteiger partial charge in [-0.1, -0.05) is 31.4 Å². The Labute approximate surface area is 130 Å². The number of phenols is 1. The van der Waals surface area contributed by atoms with Crippen molar-refractivity contribution in [2.45, 2.75) is 45.1 Å². The third-order valence-electron chi connectivity index (χ3n) is 3.62. The van der Waals surface area contributed by atoms with Crippen LogP contribution < -0.4 is 0 Å². The summed E-state index contributed by atoms with van der Waals surface area (Å²) in [5, 5.41) is 18.4. The lowest BCUT2D eigenvalue weighted by Gasteiger charge is -2.02. The van der Waals surface area contributed by atoms with Gasteiger partial charge in [-0.05, 0) is 25.0 Å². The molecule has 0 radical (unpaired) electrons. The van der Waals surface area contributed by atoms with Gasteiger partial charge in [0.15, 0.2) is 0 Å². The molecule has 0 amide bonds. The highest BCUT2D eigenvalue weighted by Gasteiger charge is 2.06. The van der Waals surface area contributed by atoms with Gasteiger partial charge in [-0.25, -0.2) is 4.98 Å². The standard InChI is InChI=1S/C17H22N2O3/c20-16-9-6-5-8-14(16)15-12-19(13-18-15)11-7-3-1-2-4-10-17(21)22/h5-6,8-9,12-13,20H,1-4,7,10-11H2,(H,21,22). The third kappa shape index (κ3) is 4.91. The monoisotopic (exact) mass is 302 g/mol. The van der Waals surface area contributed by atoms with E-state index in [-0.39, 0.29) is 12.2 Å². The largest absolute Gasteiger partial charge is 0.507 e. The lowest BCUT2D eigenvalue weighted by atomic mass is 10.1. The maximum atomic E-state index is 10.4. The molecule has 0 aliphatic heterocycles. The molecule has 0 saturated heterocycles. The second kappa shape index (κ2) is 8.22. The topological polar surface area (TPSA) is 75.3 Å². The van der Waals surface area contributed by atoms with Crippen molar-refractivity contribution < 1.29 is 15.0 Å². The van der Waals surface area contributed by atoms with Crippen LogP contribution >= 0.6 is 0 Å². The number of unbranched alkanes of at least 4 members (excludes halogenated alkanes) is 4. The molecule has 2 rings (SSSR count). The van der Waals surface area contributed by atoms with E-state index in [2.05, 4.69) is 4.98 Å². The number of aromatic nitrogens is 2. The van der Waals surface area contributed by atoms with Gasteiger partial charge in [0.2, 0.25) is 0 Å². The number of imidazole rings is 1. The molecule has 0 atom stereocenters. The first kappa shape index (κ1) is 16.1. The minimum atomic E-state index is -0.713. The molecule has 2 N–H and O–H groups in total. The van der Waals surface area contributed by atoms with E-state index in [0.29, 0.717) is 0 Å². The van der Waals surface area contributed by atoms with Crippen molar-refractivity contribution in [3.05, 3.63) is 36.8 Å². The van der Waals surface area contributed by atoms with E-state index < -0.39 is 5.97 Å². The van der Waals surface area contributed by atoms with Gasteiger partial charge in [0.05, 0.1) is 12.0 Å². The molecule has 1 aromatic heterocycles. The predicted molar refractivity (Wildman–Crippen MR) is 84.7 cm³/mol. The summed E-state index contributed by atoms with van der Waals surface area (Å²) in [6.45, 7) is 0.888. The SMILES string of the molecule is O=C(O)CCCCCCCn1cnc(-c2ccccc2O)c1. The summed E-state index contributed by atoms with van der Waals surface area (Å²) in [6.07, 6.45) is 8.93. The van der Waals surface area contributed by atoms with E-state index in [4.69, 9.17) is 5.11 Å². The van der Waals surface area contributed by atoms with Crippen LogP contribution in [0.25, 0.3) is 11.3 Å². The number of nitrogens with zero attached hydrogens (tertiary/aromatic N) is 2. The van der Waals surface area contributed by atoms with Crippen LogP contribution in [0.4, 0.5) is 0 Å². The number of hydrogen-bond donors (Lipinski definition) is 2. The zero-order valence-corrected chi connectivity index (χ0v) is 12.6. The summed E-state index contributed by atoms with van der Waals surface area (Å²) in [6, 6.07) is 7.18. The number of phenolic OH excluding ortho intramolecular Hbond substituents is 1. The Morgan fingerprint density at radius 3 is 2.59 bits per heavy atom. The van der Waals surface area contributed by atoms with Crippen LogP contribution in [0, 0.1) is 0 Å². The first-order chi connectivity index (χ1) is 10.7. The zero-order valence-electron chi connectivity index (χ0n) is 12.6. The average molecular weight is 302 g/mol. The van der Waals surface area contributed by atoms with Gasteiger partial charge in [0.1, 0.15) is 5.75 Å². The number of aromatic hydroxyl groups is 1. The Kier molecular flexibility index (Phi) is 6.01. The van der Waals surface area contributed by atoms with Crippen molar-refractivity contribution in [1.82, 2.24) is 9.55 Å². The fourth-order valence-electron chi connectivity index (χ4n) is 2.41. The van der Waals surface area contributed by atoms with E-state index in [1.54, 1.807) is 18.5 Å². The Morgan fingerprint density at radius 1 is 1.09 bits per heavy atom. The second-order valence-electron chi connectivity index (χ2n) is 5.43. The molecule has 1 aromatic carbocycles. The number of para-hydroxylation sites is 1. The number of hydrogen-bond acceptors (Lipinski definition) is 3. The van der Waals surface area contributed by atoms with E-state index in [9.17, 15) is 9.90 Å². The molecule has 0 fully saturated rings. The van der Waals surface area contributed by atoms with E-state index in [0.717, 1.165) is 49.9 Å². The van der Waals surface area contributed by atoms with E-state index >= 15 is 0 Å². The predicted octanol–water partition coefficient (Wildman–Crippen LogP) is 3.68. The molecule has 0 bridgehead atoms. The summed E-state index contributed by atoms with van der Waals surface area (Å²) >= 11 is 0. The van der Waals surface area contributed by atoms with Gasteiger partial charge in [-0.2, -0.15) is 0 Å². The van der Waals surface area contributed by atoms with Crippen LogP contribution in [-0.4, -0.2) is 25.7 Å². The Morgan fingerprint density at radius 2 is 1.82 bits per heavy atom. The number of carboxylic acid groups (broad SMARTS) is 1. The van der Waals surface area contributed by atoms with Gasteiger partial charge in [0, 0.05) is 24.7 Å². The van der Waals surface area contributed by atoms with Crippen LogP contribution in [0.5, 0.6) is 5.75 Å². The van der Waals surface area contributed by atoms with E-state index in [1.165, 1.54) is 0 Å². The molecule has 0 aliphatic carbocycles. The number of aryl methyl sites for hydroxylation is 1. The summed E-state index contributed by atoms with van der Waals surface area (Å²) in [5.74, 6) is -0.471. The molecule has 0 unspecified atom stereocenters. The highest BCUT2D eigenvalue weighted by Crippen LogP contribution is 2.26. The smallest absolute Gasteiger partial charge is 0.303 e. The number of carbonyl (C=O) groups is 1. The Hall–Kier alpha value is -2.30. The number of carboxylic acids is 1. The van der Waals surface area contributed by atoms with Gasteiger partial charge in [-0.3, -0.25) is 4.79 Å². The molecular formula is C17H22N2O3. The Bertz CT molecular complexity index is 607. The van der Waals surface area contributed by atoms with Crippen LogP contribution in [-0.2, 0) is 11.3 Å². The van der Waals surface area contributed by atoms with Crippen molar-refractivity contribution in [1.29, 1.82) is 0 Å². The lowest BCUT2D eigenvalue weighted by molar-refractivity contribution is -0.137. The second-order valence-corrected chi connectivity index (χ2v) is 5.43. The van der Waals surface area contributed by atoms with Crippen molar-refractivity contribution in [2.24, 2.45) is 0 Å². The molecule has 22 heavy (non-hydrogen) atoms. The van der Waals surface area contributed by atoms with Crippen molar-refractivity contribution >= 4 is 5.97 Å². The number of aliphatic carboxylic acids is 1. The molecule has 0 aliphatic rings. The highest BCUT2D eigenvalue weighted by atomic mass is 16.4. The molecular weight excluding hydrogens is 280 g/mol.